The maximum atomic E-state index is 13.8. The molecule has 1 aromatic heterocycles. The van der Waals surface area contributed by atoms with Crippen LogP contribution in [0.2, 0.25) is 0 Å². The first-order valence-electron chi connectivity index (χ1n) is 8.31. The van der Waals surface area contributed by atoms with Crippen molar-refractivity contribution in [1.82, 2.24) is 4.98 Å². The monoisotopic (exact) mass is 381 g/mol. The van der Waals surface area contributed by atoms with Crippen LogP contribution in [0.1, 0.15) is 10.4 Å². The van der Waals surface area contributed by atoms with E-state index in [1.54, 1.807) is 36.4 Å². The fraction of sp³-hybridized carbons (Fsp3) is 0.0500. The van der Waals surface area contributed by atoms with Crippen LogP contribution in [0.5, 0.6) is 11.6 Å². The van der Waals surface area contributed by atoms with Crippen molar-refractivity contribution in [3.63, 3.8) is 0 Å². The molecular formula is C20H13F2N3O3. The predicted molar refractivity (Wildman–Crippen MR) is 97.4 cm³/mol. The first kappa shape index (κ1) is 17.6. The summed E-state index contributed by atoms with van der Waals surface area (Å²) in [7, 11) is 0. The summed E-state index contributed by atoms with van der Waals surface area (Å²) in [6.07, 6.45) is 1.49. The van der Waals surface area contributed by atoms with Gasteiger partial charge in [0.15, 0.2) is 5.75 Å². The summed E-state index contributed by atoms with van der Waals surface area (Å²) in [5.41, 5.74) is 0.389. The number of rotatable bonds is 3. The van der Waals surface area contributed by atoms with Crippen LogP contribution in [0.25, 0.3) is 0 Å². The lowest BCUT2D eigenvalue weighted by atomic mass is 10.2. The Balaban J connectivity index is 1.66. The number of pyridine rings is 1. The van der Waals surface area contributed by atoms with Crippen molar-refractivity contribution in [3.05, 3.63) is 78.0 Å². The summed E-state index contributed by atoms with van der Waals surface area (Å²) in [6.45, 7) is -0.398. The van der Waals surface area contributed by atoms with Crippen LogP contribution in [-0.2, 0) is 4.79 Å². The lowest BCUT2D eigenvalue weighted by Gasteiger charge is -2.21. The molecule has 0 saturated carbocycles. The number of amides is 2. The Morgan fingerprint density at radius 2 is 1.93 bits per heavy atom. The number of carbonyl (C=O) groups is 2. The molecule has 1 N–H and O–H groups in total. The first-order valence-corrected chi connectivity index (χ1v) is 8.31. The van der Waals surface area contributed by atoms with Gasteiger partial charge in [0.2, 0.25) is 11.8 Å². The summed E-state index contributed by atoms with van der Waals surface area (Å²) in [5, 5.41) is 2.35. The van der Waals surface area contributed by atoms with E-state index in [0.29, 0.717) is 17.5 Å². The molecule has 2 heterocycles. The Bertz CT molecular complexity index is 1090. The molecule has 4 rings (SSSR count). The van der Waals surface area contributed by atoms with E-state index in [1.807, 2.05) is 0 Å². The van der Waals surface area contributed by atoms with Crippen LogP contribution in [-0.4, -0.2) is 23.3 Å². The van der Waals surface area contributed by atoms with Gasteiger partial charge in [-0.1, -0.05) is 12.1 Å². The number of nitrogens with one attached hydrogen (secondary N) is 1. The van der Waals surface area contributed by atoms with E-state index in [9.17, 15) is 18.4 Å². The number of fused-ring (bicyclic) bond motifs is 2. The van der Waals surface area contributed by atoms with Crippen LogP contribution in [0.4, 0.5) is 20.2 Å². The number of aromatic nitrogens is 1. The normalized spacial score (nSPS) is 12.5. The van der Waals surface area contributed by atoms with E-state index in [4.69, 9.17) is 4.74 Å². The van der Waals surface area contributed by atoms with Crippen LogP contribution in [0.3, 0.4) is 0 Å². The third kappa shape index (κ3) is 3.27. The van der Waals surface area contributed by atoms with Gasteiger partial charge in [0, 0.05) is 12.3 Å². The van der Waals surface area contributed by atoms with Crippen molar-refractivity contribution in [3.8, 4) is 11.6 Å². The van der Waals surface area contributed by atoms with Crippen molar-refractivity contribution in [2.45, 2.75) is 0 Å². The third-order valence-corrected chi connectivity index (χ3v) is 4.12. The van der Waals surface area contributed by atoms with Gasteiger partial charge in [0.25, 0.3) is 5.91 Å². The number of hydrogen-bond acceptors (Lipinski definition) is 4. The van der Waals surface area contributed by atoms with E-state index in [1.165, 1.54) is 11.1 Å². The Kier molecular flexibility index (Phi) is 4.44. The minimum Gasteiger partial charge on any atom is -0.436 e. The highest BCUT2D eigenvalue weighted by Gasteiger charge is 2.30. The molecule has 6 nitrogen and oxygen atoms in total. The first-order chi connectivity index (χ1) is 13.5. The Hall–Kier alpha value is -3.81. The van der Waals surface area contributed by atoms with E-state index in [0.717, 1.165) is 12.1 Å². The average molecular weight is 381 g/mol. The number of nitrogens with zero attached hydrogens (tertiary/aromatic N) is 2. The number of halogens is 2. The van der Waals surface area contributed by atoms with Gasteiger partial charge in [-0.05, 0) is 36.4 Å². The lowest BCUT2D eigenvalue weighted by molar-refractivity contribution is -0.114. The van der Waals surface area contributed by atoms with Gasteiger partial charge in [-0.15, -0.1) is 0 Å². The highest BCUT2D eigenvalue weighted by Crippen LogP contribution is 2.37. The molecule has 140 valence electrons. The number of benzene rings is 2. The van der Waals surface area contributed by atoms with Crippen LogP contribution >= 0.6 is 0 Å². The molecule has 2 aromatic carbocycles. The molecule has 0 fully saturated rings. The fourth-order valence-electron chi connectivity index (χ4n) is 2.84. The molecule has 0 bridgehead atoms. The minimum atomic E-state index is -0.908. The molecule has 8 heteroatoms. The molecule has 0 aliphatic carbocycles. The summed E-state index contributed by atoms with van der Waals surface area (Å²) in [5.74, 6) is -2.31. The zero-order valence-electron chi connectivity index (χ0n) is 14.4. The highest BCUT2D eigenvalue weighted by atomic mass is 19.1. The smallest absolute Gasteiger partial charge is 0.264 e. The topological polar surface area (TPSA) is 71.5 Å². The second-order valence-electron chi connectivity index (χ2n) is 5.99. The number of carbonyl (C=O) groups excluding carboxylic acids is 2. The quantitative estimate of drug-likeness (QED) is 0.750. The van der Waals surface area contributed by atoms with Gasteiger partial charge in [-0.3, -0.25) is 14.5 Å². The van der Waals surface area contributed by atoms with Gasteiger partial charge in [0.05, 0.1) is 11.4 Å². The Morgan fingerprint density at radius 1 is 1.11 bits per heavy atom. The number of para-hydroxylation sites is 2. The molecule has 3 aromatic rings. The minimum absolute atomic E-state index is 0.132. The lowest BCUT2D eigenvalue weighted by Crippen LogP contribution is -2.37. The van der Waals surface area contributed by atoms with Gasteiger partial charge in [0.1, 0.15) is 23.7 Å². The number of hydrogen-bond donors (Lipinski definition) is 1. The molecule has 0 saturated heterocycles. The summed E-state index contributed by atoms with van der Waals surface area (Å²) in [6, 6.07) is 12.6. The second-order valence-corrected chi connectivity index (χ2v) is 5.99. The maximum absolute atomic E-state index is 13.8. The van der Waals surface area contributed by atoms with E-state index >= 15 is 0 Å². The van der Waals surface area contributed by atoms with E-state index in [-0.39, 0.29) is 17.1 Å². The van der Waals surface area contributed by atoms with Gasteiger partial charge in [-0.25, -0.2) is 13.8 Å². The average Bonchev–Trinajstić information content (AvgIpc) is 2.79. The number of anilines is 2. The molecular weight excluding hydrogens is 368 g/mol. The van der Waals surface area contributed by atoms with Gasteiger partial charge < -0.3 is 10.1 Å². The predicted octanol–water partition coefficient (Wildman–Crippen LogP) is 3.75. The summed E-state index contributed by atoms with van der Waals surface area (Å²) in [4.78, 5) is 30.8. The SMILES string of the molecule is O=C(CN1C(=O)c2cccnc2Oc2ccccc21)Nc1ccc(F)cc1F. The molecule has 1 aliphatic heterocycles. The van der Waals surface area contributed by atoms with Crippen molar-refractivity contribution in [2.24, 2.45) is 0 Å². The Morgan fingerprint density at radius 3 is 2.75 bits per heavy atom. The molecule has 0 unspecified atom stereocenters. The number of ether oxygens (including phenoxy) is 1. The largest absolute Gasteiger partial charge is 0.436 e. The molecule has 0 radical (unpaired) electrons. The van der Waals surface area contributed by atoms with Crippen LogP contribution < -0.4 is 15.0 Å². The fourth-order valence-corrected chi connectivity index (χ4v) is 2.84. The molecule has 28 heavy (non-hydrogen) atoms. The van der Waals surface area contributed by atoms with Crippen molar-refractivity contribution in [2.75, 3.05) is 16.8 Å². The van der Waals surface area contributed by atoms with E-state index in [2.05, 4.69) is 10.3 Å². The van der Waals surface area contributed by atoms with E-state index < -0.39 is 30.0 Å². The molecule has 1 aliphatic rings. The standard InChI is InChI=1S/C20H13F2N3O3/c21-12-7-8-15(14(22)10-12)24-18(26)11-25-16-5-1-2-6-17(16)28-19-13(20(25)27)4-3-9-23-19/h1-10H,11H2,(H,24,26). The third-order valence-electron chi connectivity index (χ3n) is 4.12. The Labute approximate surface area is 158 Å². The van der Waals surface area contributed by atoms with Crippen LogP contribution in [0, 0.1) is 11.6 Å². The van der Waals surface area contributed by atoms with Crippen molar-refractivity contribution in [1.29, 1.82) is 0 Å². The zero-order chi connectivity index (χ0) is 19.7. The second kappa shape index (κ2) is 7.07. The van der Waals surface area contributed by atoms with Crippen LogP contribution in [0.15, 0.2) is 60.8 Å². The van der Waals surface area contributed by atoms with Gasteiger partial charge in [-0.2, -0.15) is 0 Å². The highest BCUT2D eigenvalue weighted by molar-refractivity contribution is 6.12. The summed E-state index contributed by atoms with van der Waals surface area (Å²) < 4.78 is 32.6. The molecule has 0 spiro atoms. The molecule has 0 atom stereocenters. The summed E-state index contributed by atoms with van der Waals surface area (Å²) >= 11 is 0. The van der Waals surface area contributed by atoms with Crippen molar-refractivity contribution >= 4 is 23.2 Å². The molecule has 2 amide bonds. The maximum Gasteiger partial charge on any atom is 0.264 e. The van der Waals surface area contributed by atoms with Gasteiger partial charge >= 0.3 is 0 Å². The van der Waals surface area contributed by atoms with Crippen molar-refractivity contribution < 1.29 is 23.1 Å². The zero-order valence-corrected chi connectivity index (χ0v) is 14.4.